The van der Waals surface area contributed by atoms with Gasteiger partial charge in [0.25, 0.3) is 0 Å². The van der Waals surface area contributed by atoms with Crippen LogP contribution in [-0.4, -0.2) is 32.4 Å². The third-order valence-electron chi connectivity index (χ3n) is 8.03. The molecule has 0 bridgehead atoms. The summed E-state index contributed by atoms with van der Waals surface area (Å²) in [6.07, 6.45) is 7.07. The van der Waals surface area contributed by atoms with Crippen molar-refractivity contribution in [3.8, 4) is 11.1 Å². The van der Waals surface area contributed by atoms with Crippen molar-refractivity contribution in [2.24, 2.45) is 11.1 Å². The second-order valence-electron chi connectivity index (χ2n) is 9.68. The predicted octanol–water partition coefficient (Wildman–Crippen LogP) is 4.53. The highest BCUT2D eigenvalue weighted by atomic mass is 15.2. The average molecular weight is 435 g/mol. The van der Waals surface area contributed by atoms with Gasteiger partial charge in [0.05, 0.1) is 6.20 Å². The average Bonchev–Trinajstić information content (AvgIpc) is 3.51. The zero-order valence-electron chi connectivity index (χ0n) is 18.7. The Kier molecular flexibility index (Phi) is 3.89. The molecule has 33 heavy (non-hydrogen) atoms. The summed E-state index contributed by atoms with van der Waals surface area (Å²) < 4.78 is 2.19. The van der Waals surface area contributed by atoms with Crippen molar-refractivity contribution in [1.29, 1.82) is 0 Å². The topological polar surface area (TPSA) is 72.3 Å². The summed E-state index contributed by atoms with van der Waals surface area (Å²) >= 11 is 0. The third kappa shape index (κ3) is 2.61. The van der Waals surface area contributed by atoms with Gasteiger partial charge in [0.2, 0.25) is 0 Å². The molecule has 1 aliphatic heterocycles. The molecule has 164 valence electrons. The van der Waals surface area contributed by atoms with E-state index in [-0.39, 0.29) is 11.5 Å². The van der Waals surface area contributed by atoms with E-state index in [1.54, 1.807) is 0 Å². The lowest BCUT2D eigenvalue weighted by Gasteiger charge is -2.42. The molecule has 0 amide bonds. The van der Waals surface area contributed by atoms with Gasteiger partial charge in [0, 0.05) is 42.1 Å². The molecule has 0 radical (unpaired) electrons. The van der Waals surface area contributed by atoms with Gasteiger partial charge in [0.1, 0.15) is 16.8 Å². The first kappa shape index (κ1) is 19.0. The van der Waals surface area contributed by atoms with Crippen LogP contribution in [0.2, 0.25) is 0 Å². The summed E-state index contributed by atoms with van der Waals surface area (Å²) in [6.45, 7) is 3.98. The molecule has 0 saturated carbocycles. The van der Waals surface area contributed by atoms with Gasteiger partial charge >= 0.3 is 0 Å². The van der Waals surface area contributed by atoms with Gasteiger partial charge in [-0.2, -0.15) is 0 Å². The van der Waals surface area contributed by atoms with Crippen molar-refractivity contribution in [3.63, 3.8) is 0 Å². The van der Waals surface area contributed by atoms with Gasteiger partial charge < -0.3 is 10.6 Å². The van der Waals surface area contributed by atoms with E-state index in [0.717, 1.165) is 71.8 Å². The zero-order valence-corrected chi connectivity index (χ0v) is 18.7. The highest BCUT2D eigenvalue weighted by Crippen LogP contribution is 2.51. The molecule has 1 spiro atoms. The number of aromatic nitrogens is 4. The standard InChI is InChI=1S/C27H26N6/c1-17-19(7-4-12-29-17)21-8-9-23-31-26(22-16-30-25(21)33(22)23)32-13-10-27(11-14-32)15-18-5-2-3-6-20(18)24(27)28/h2-9,12,16,24H,10-11,13-15,28H2,1H3/t24-/m1/s1. The molecule has 1 fully saturated rings. The van der Waals surface area contributed by atoms with E-state index in [0.29, 0.717) is 0 Å². The fourth-order valence-electron chi connectivity index (χ4n) is 6.17. The number of fused-ring (bicyclic) bond motifs is 1. The number of pyridine rings is 2. The predicted molar refractivity (Wildman–Crippen MR) is 131 cm³/mol. The Morgan fingerprint density at radius 1 is 0.970 bits per heavy atom. The molecule has 2 aliphatic rings. The number of anilines is 1. The Morgan fingerprint density at radius 2 is 1.82 bits per heavy atom. The lowest BCUT2D eigenvalue weighted by Crippen LogP contribution is -2.44. The quantitative estimate of drug-likeness (QED) is 0.442. The summed E-state index contributed by atoms with van der Waals surface area (Å²) in [6, 6.07) is 17.2. The van der Waals surface area contributed by atoms with Crippen LogP contribution in [0.3, 0.4) is 0 Å². The lowest BCUT2D eigenvalue weighted by molar-refractivity contribution is 0.187. The van der Waals surface area contributed by atoms with Crippen molar-refractivity contribution in [2.45, 2.75) is 32.2 Å². The number of imidazole rings is 2. The van der Waals surface area contributed by atoms with Crippen LogP contribution in [0.1, 0.15) is 35.7 Å². The van der Waals surface area contributed by atoms with Crippen molar-refractivity contribution in [1.82, 2.24) is 19.4 Å². The Morgan fingerprint density at radius 3 is 2.64 bits per heavy atom. The first-order valence-electron chi connectivity index (χ1n) is 11.7. The minimum Gasteiger partial charge on any atom is -0.355 e. The first-order chi connectivity index (χ1) is 16.1. The number of hydrogen-bond donors (Lipinski definition) is 1. The van der Waals surface area contributed by atoms with E-state index >= 15 is 0 Å². The first-order valence-corrected chi connectivity index (χ1v) is 11.7. The Labute approximate surface area is 192 Å². The largest absolute Gasteiger partial charge is 0.355 e. The van der Waals surface area contributed by atoms with E-state index in [9.17, 15) is 0 Å². The number of benzene rings is 1. The van der Waals surface area contributed by atoms with E-state index in [1.165, 1.54) is 11.1 Å². The van der Waals surface area contributed by atoms with Crippen LogP contribution in [0, 0.1) is 12.3 Å². The molecule has 5 heterocycles. The normalized spacial score (nSPS) is 19.7. The van der Waals surface area contributed by atoms with Crippen molar-refractivity contribution < 1.29 is 0 Å². The SMILES string of the molecule is Cc1ncccc1-c1ccc2nc(N3CCC4(CC3)Cc3ccccc3[C@H]4N)c3cnc1n23. The molecule has 4 aromatic heterocycles. The molecule has 1 aromatic carbocycles. The Bertz CT molecular complexity index is 1490. The minimum atomic E-state index is 0.130. The van der Waals surface area contributed by atoms with E-state index in [2.05, 4.69) is 56.7 Å². The molecule has 0 unspecified atom stereocenters. The number of aryl methyl sites for hydroxylation is 1. The maximum atomic E-state index is 6.79. The summed E-state index contributed by atoms with van der Waals surface area (Å²) in [5.41, 5.74) is 15.9. The third-order valence-corrected chi connectivity index (χ3v) is 8.03. The summed E-state index contributed by atoms with van der Waals surface area (Å²) in [7, 11) is 0. The molecule has 6 nitrogen and oxygen atoms in total. The molecule has 1 saturated heterocycles. The molecular weight excluding hydrogens is 408 g/mol. The summed E-state index contributed by atoms with van der Waals surface area (Å²) in [4.78, 5) is 16.7. The molecule has 1 aliphatic carbocycles. The number of hydrogen-bond acceptors (Lipinski definition) is 5. The molecule has 2 N–H and O–H groups in total. The van der Waals surface area contributed by atoms with Crippen molar-refractivity contribution >= 4 is 22.6 Å². The molecule has 6 heteroatoms. The number of nitrogens with zero attached hydrogens (tertiary/aromatic N) is 5. The molecule has 7 rings (SSSR count). The van der Waals surface area contributed by atoms with Crippen LogP contribution >= 0.6 is 0 Å². The van der Waals surface area contributed by atoms with Gasteiger partial charge in [-0.05, 0) is 60.9 Å². The number of rotatable bonds is 2. The maximum Gasteiger partial charge on any atom is 0.157 e. The summed E-state index contributed by atoms with van der Waals surface area (Å²) in [5, 5.41) is 0. The van der Waals surface area contributed by atoms with Crippen LogP contribution in [0.25, 0.3) is 27.9 Å². The van der Waals surface area contributed by atoms with Crippen LogP contribution in [-0.2, 0) is 6.42 Å². The van der Waals surface area contributed by atoms with Crippen LogP contribution in [0.4, 0.5) is 5.82 Å². The zero-order chi connectivity index (χ0) is 22.2. The monoisotopic (exact) mass is 434 g/mol. The Balaban J connectivity index is 1.23. The highest BCUT2D eigenvalue weighted by Gasteiger charge is 2.46. The lowest BCUT2D eigenvalue weighted by atomic mass is 9.73. The highest BCUT2D eigenvalue weighted by molar-refractivity contribution is 5.88. The second-order valence-corrected chi connectivity index (χ2v) is 9.68. The van der Waals surface area contributed by atoms with Gasteiger partial charge in [-0.25, -0.2) is 9.97 Å². The Hall–Kier alpha value is -3.51. The van der Waals surface area contributed by atoms with Crippen LogP contribution in [0.5, 0.6) is 0 Å². The smallest absolute Gasteiger partial charge is 0.157 e. The molecule has 5 aromatic rings. The fraction of sp³-hybridized carbons (Fsp3) is 0.296. The maximum absolute atomic E-state index is 6.79. The molecular formula is C27H26N6. The van der Waals surface area contributed by atoms with E-state index in [1.807, 2.05) is 25.4 Å². The van der Waals surface area contributed by atoms with E-state index < -0.39 is 0 Å². The fourth-order valence-corrected chi connectivity index (χ4v) is 6.17. The second kappa shape index (κ2) is 6.75. The summed E-state index contributed by atoms with van der Waals surface area (Å²) in [5.74, 6) is 1.04. The van der Waals surface area contributed by atoms with Gasteiger partial charge in [-0.15, -0.1) is 0 Å². The van der Waals surface area contributed by atoms with Crippen LogP contribution < -0.4 is 10.6 Å². The van der Waals surface area contributed by atoms with Crippen molar-refractivity contribution in [2.75, 3.05) is 18.0 Å². The minimum absolute atomic E-state index is 0.130. The van der Waals surface area contributed by atoms with Gasteiger partial charge in [0.15, 0.2) is 5.82 Å². The number of nitrogens with two attached hydrogens (primary N) is 1. The van der Waals surface area contributed by atoms with Crippen molar-refractivity contribution in [3.05, 3.63) is 77.7 Å². The number of piperidine rings is 1. The van der Waals surface area contributed by atoms with E-state index in [4.69, 9.17) is 15.7 Å². The molecule has 1 atom stereocenters. The van der Waals surface area contributed by atoms with Gasteiger partial charge in [-0.1, -0.05) is 30.3 Å². The van der Waals surface area contributed by atoms with Gasteiger partial charge in [-0.3, -0.25) is 9.38 Å². The van der Waals surface area contributed by atoms with Crippen LogP contribution in [0.15, 0.2) is 60.9 Å².